The van der Waals surface area contributed by atoms with Crippen LogP contribution >= 0.6 is 11.3 Å². The second-order valence-electron chi connectivity index (χ2n) is 6.03. The second kappa shape index (κ2) is 5.80. The van der Waals surface area contributed by atoms with E-state index in [9.17, 15) is 4.79 Å². The molecule has 3 nitrogen and oxygen atoms in total. The van der Waals surface area contributed by atoms with Crippen molar-refractivity contribution in [3.63, 3.8) is 0 Å². The summed E-state index contributed by atoms with van der Waals surface area (Å²) < 4.78 is 1.25. The summed E-state index contributed by atoms with van der Waals surface area (Å²) in [5.74, 6) is 0.0384. The lowest BCUT2D eigenvalue weighted by molar-refractivity contribution is -0.133. The zero-order valence-electron chi connectivity index (χ0n) is 12.7. The van der Waals surface area contributed by atoms with E-state index in [0.717, 1.165) is 0 Å². The Bertz CT molecular complexity index is 845. The number of carbonyl (C=O) groups is 1. The first-order chi connectivity index (χ1) is 11.2. The number of carbonyl (C=O) groups excluding carboxylic acids is 1. The molecule has 1 amide bonds. The van der Waals surface area contributed by atoms with Crippen LogP contribution in [0.15, 0.2) is 53.9 Å². The van der Waals surface area contributed by atoms with E-state index in [0.29, 0.717) is 19.5 Å². The summed E-state index contributed by atoms with van der Waals surface area (Å²) in [5, 5.41) is 3.33. The van der Waals surface area contributed by atoms with Crippen molar-refractivity contribution >= 4 is 27.3 Å². The number of thiophene rings is 1. The van der Waals surface area contributed by atoms with Crippen LogP contribution in [0.5, 0.6) is 0 Å². The van der Waals surface area contributed by atoms with Gasteiger partial charge >= 0.3 is 0 Å². The second-order valence-corrected chi connectivity index (χ2v) is 6.94. The average molecular weight is 322 g/mol. The number of amides is 1. The van der Waals surface area contributed by atoms with E-state index in [1.807, 2.05) is 29.2 Å². The van der Waals surface area contributed by atoms with Crippen molar-refractivity contribution in [2.24, 2.45) is 5.73 Å². The lowest BCUT2D eigenvalue weighted by Crippen LogP contribution is -2.42. The Kier molecular flexibility index (Phi) is 3.63. The van der Waals surface area contributed by atoms with Gasteiger partial charge in [0.15, 0.2) is 0 Å². The van der Waals surface area contributed by atoms with Gasteiger partial charge in [-0.3, -0.25) is 4.79 Å². The third-order valence-electron chi connectivity index (χ3n) is 4.47. The van der Waals surface area contributed by atoms with Gasteiger partial charge in [0, 0.05) is 17.8 Å². The van der Waals surface area contributed by atoms with Crippen molar-refractivity contribution < 1.29 is 4.79 Å². The van der Waals surface area contributed by atoms with Gasteiger partial charge in [-0.15, -0.1) is 11.3 Å². The van der Waals surface area contributed by atoms with Crippen LogP contribution in [0.1, 0.15) is 16.7 Å². The molecule has 1 aliphatic heterocycles. The Labute approximate surface area is 139 Å². The highest BCUT2D eigenvalue weighted by Crippen LogP contribution is 2.27. The van der Waals surface area contributed by atoms with E-state index in [1.54, 1.807) is 11.3 Å². The standard InChI is InChI=1S/C19H18N2OS/c20-17(9-15-12-23-18-8-4-3-7-16(15)18)19(22)21-10-13-5-1-2-6-14(13)11-21/h1-8,12,17H,9-11,20H2/t17-/m1/s1. The number of benzene rings is 2. The molecule has 4 heteroatoms. The number of nitrogens with two attached hydrogens (primary N) is 1. The van der Waals surface area contributed by atoms with E-state index in [2.05, 4.69) is 29.6 Å². The smallest absolute Gasteiger partial charge is 0.240 e. The minimum absolute atomic E-state index is 0.0384. The van der Waals surface area contributed by atoms with Crippen LogP contribution in [-0.4, -0.2) is 16.8 Å². The Morgan fingerprint density at radius 1 is 1.09 bits per heavy atom. The molecule has 1 aromatic heterocycles. The Hall–Kier alpha value is -2.17. The van der Waals surface area contributed by atoms with Crippen LogP contribution in [-0.2, 0) is 24.3 Å². The first-order valence-electron chi connectivity index (χ1n) is 7.78. The van der Waals surface area contributed by atoms with Gasteiger partial charge < -0.3 is 10.6 Å². The monoisotopic (exact) mass is 322 g/mol. The molecule has 0 saturated heterocycles. The lowest BCUT2D eigenvalue weighted by Gasteiger charge is -2.20. The predicted octanol–water partition coefficient (Wildman–Crippen LogP) is 3.31. The molecule has 0 bridgehead atoms. The third-order valence-corrected chi connectivity index (χ3v) is 5.48. The average Bonchev–Trinajstić information content (AvgIpc) is 3.18. The summed E-state index contributed by atoms with van der Waals surface area (Å²) in [4.78, 5) is 14.5. The molecule has 2 heterocycles. The molecular formula is C19H18N2OS. The fraction of sp³-hybridized carbons (Fsp3) is 0.211. The SMILES string of the molecule is N[C@H](Cc1csc2ccccc12)C(=O)N1Cc2ccccc2C1. The highest BCUT2D eigenvalue weighted by Gasteiger charge is 2.27. The molecule has 0 fully saturated rings. The maximum absolute atomic E-state index is 12.7. The molecule has 3 aromatic rings. The van der Waals surface area contributed by atoms with Crippen molar-refractivity contribution in [1.29, 1.82) is 0 Å². The fourth-order valence-corrected chi connectivity index (χ4v) is 4.21. The maximum Gasteiger partial charge on any atom is 0.240 e. The molecular weight excluding hydrogens is 304 g/mol. The first kappa shape index (κ1) is 14.4. The van der Waals surface area contributed by atoms with Crippen LogP contribution in [0.4, 0.5) is 0 Å². The number of fused-ring (bicyclic) bond motifs is 2. The first-order valence-corrected chi connectivity index (χ1v) is 8.66. The third kappa shape index (κ3) is 2.64. The van der Waals surface area contributed by atoms with E-state index >= 15 is 0 Å². The summed E-state index contributed by atoms with van der Waals surface area (Å²) in [6.45, 7) is 1.35. The number of rotatable bonds is 3. The van der Waals surface area contributed by atoms with Gasteiger partial charge in [-0.2, -0.15) is 0 Å². The normalized spacial score (nSPS) is 14.9. The summed E-state index contributed by atoms with van der Waals surface area (Å²) >= 11 is 1.71. The predicted molar refractivity (Wildman–Crippen MR) is 94.2 cm³/mol. The van der Waals surface area contributed by atoms with Crippen LogP contribution in [0.3, 0.4) is 0 Å². The van der Waals surface area contributed by atoms with Crippen molar-refractivity contribution in [3.8, 4) is 0 Å². The van der Waals surface area contributed by atoms with E-state index in [4.69, 9.17) is 5.73 Å². The fourth-order valence-electron chi connectivity index (χ4n) is 3.24. The van der Waals surface area contributed by atoms with Crippen LogP contribution < -0.4 is 5.73 Å². The Morgan fingerprint density at radius 2 is 1.74 bits per heavy atom. The molecule has 0 saturated carbocycles. The molecule has 0 spiro atoms. The van der Waals surface area contributed by atoms with Gasteiger partial charge in [-0.1, -0.05) is 42.5 Å². The number of hydrogen-bond acceptors (Lipinski definition) is 3. The Morgan fingerprint density at radius 3 is 2.48 bits per heavy atom. The van der Waals surface area contributed by atoms with E-state index < -0.39 is 6.04 Å². The summed E-state index contributed by atoms with van der Waals surface area (Å²) in [5.41, 5.74) is 9.86. The van der Waals surface area contributed by atoms with Crippen molar-refractivity contribution in [1.82, 2.24) is 4.90 Å². The molecule has 0 unspecified atom stereocenters. The lowest BCUT2D eigenvalue weighted by atomic mass is 10.0. The number of nitrogens with zero attached hydrogens (tertiary/aromatic N) is 1. The van der Waals surface area contributed by atoms with Crippen LogP contribution in [0, 0.1) is 0 Å². The largest absolute Gasteiger partial charge is 0.333 e. The van der Waals surface area contributed by atoms with Gasteiger partial charge in [0.2, 0.25) is 5.91 Å². The van der Waals surface area contributed by atoms with Gasteiger partial charge in [0.1, 0.15) is 0 Å². The van der Waals surface area contributed by atoms with Gasteiger partial charge in [0.25, 0.3) is 0 Å². The minimum atomic E-state index is -0.484. The zero-order chi connectivity index (χ0) is 15.8. The Balaban J connectivity index is 1.49. The highest BCUT2D eigenvalue weighted by atomic mass is 32.1. The van der Waals surface area contributed by atoms with E-state index in [1.165, 1.54) is 26.8 Å². The van der Waals surface area contributed by atoms with Gasteiger partial charge in [-0.25, -0.2) is 0 Å². The molecule has 23 heavy (non-hydrogen) atoms. The molecule has 1 aliphatic rings. The molecule has 116 valence electrons. The topological polar surface area (TPSA) is 46.3 Å². The van der Waals surface area contributed by atoms with Crippen molar-refractivity contribution in [2.45, 2.75) is 25.6 Å². The quantitative estimate of drug-likeness (QED) is 0.804. The minimum Gasteiger partial charge on any atom is -0.333 e. The van der Waals surface area contributed by atoms with Gasteiger partial charge in [-0.05, 0) is 39.9 Å². The molecule has 4 rings (SSSR count). The van der Waals surface area contributed by atoms with Crippen LogP contribution in [0.2, 0.25) is 0 Å². The molecule has 1 atom stereocenters. The summed E-state index contributed by atoms with van der Waals surface area (Å²) in [7, 11) is 0. The van der Waals surface area contributed by atoms with Crippen LogP contribution in [0.25, 0.3) is 10.1 Å². The summed E-state index contributed by atoms with van der Waals surface area (Å²) in [6.07, 6.45) is 0.593. The number of hydrogen-bond donors (Lipinski definition) is 1. The highest BCUT2D eigenvalue weighted by molar-refractivity contribution is 7.17. The maximum atomic E-state index is 12.7. The summed E-state index contributed by atoms with van der Waals surface area (Å²) in [6, 6.07) is 16.0. The van der Waals surface area contributed by atoms with E-state index in [-0.39, 0.29) is 5.91 Å². The van der Waals surface area contributed by atoms with Crippen molar-refractivity contribution in [2.75, 3.05) is 0 Å². The van der Waals surface area contributed by atoms with Gasteiger partial charge in [0.05, 0.1) is 6.04 Å². The molecule has 2 N–H and O–H groups in total. The molecule has 2 aromatic carbocycles. The zero-order valence-corrected chi connectivity index (χ0v) is 13.6. The van der Waals surface area contributed by atoms with Crippen molar-refractivity contribution in [3.05, 3.63) is 70.6 Å². The molecule has 0 aliphatic carbocycles. The molecule has 0 radical (unpaired) electrons.